The molecule has 0 aliphatic carbocycles. The van der Waals surface area contributed by atoms with Gasteiger partial charge in [-0.15, -0.1) is 0 Å². The van der Waals surface area contributed by atoms with E-state index in [0.717, 1.165) is 5.56 Å². The van der Waals surface area contributed by atoms with Crippen molar-refractivity contribution in [1.29, 1.82) is 0 Å². The van der Waals surface area contributed by atoms with E-state index >= 15 is 0 Å². The summed E-state index contributed by atoms with van der Waals surface area (Å²) in [7, 11) is 0. The largest absolute Gasteiger partial charge is 0.437 e. The van der Waals surface area contributed by atoms with Gasteiger partial charge in [-0.2, -0.15) is 0 Å². The predicted octanol–water partition coefficient (Wildman–Crippen LogP) is 2.33. The lowest BCUT2D eigenvalue weighted by molar-refractivity contribution is 0.318. The Morgan fingerprint density at radius 3 is 2.74 bits per heavy atom. The van der Waals surface area contributed by atoms with Crippen LogP contribution in [0.5, 0.6) is 11.6 Å². The molecule has 1 aromatic heterocycles. The summed E-state index contributed by atoms with van der Waals surface area (Å²) in [5.74, 6) is 0.797. The molecule has 0 bridgehead atoms. The minimum absolute atomic E-state index is 0.110. The van der Waals surface area contributed by atoms with Crippen LogP contribution >= 0.6 is 11.6 Å². The zero-order valence-electron chi connectivity index (χ0n) is 10.0. The first-order valence-electron chi connectivity index (χ1n) is 5.34. The number of hydrogen-bond acceptors (Lipinski definition) is 5. The Morgan fingerprint density at radius 2 is 2.16 bits per heavy atom. The van der Waals surface area contributed by atoms with E-state index in [1.807, 2.05) is 6.92 Å². The van der Waals surface area contributed by atoms with Crippen molar-refractivity contribution >= 4 is 17.4 Å². The number of nitrogens with zero attached hydrogens (tertiary/aromatic N) is 3. The van der Waals surface area contributed by atoms with Crippen molar-refractivity contribution in [2.45, 2.75) is 6.92 Å². The van der Waals surface area contributed by atoms with Gasteiger partial charge in [-0.25, -0.2) is 9.97 Å². The number of hydrogen-bond donors (Lipinski definition) is 2. The van der Waals surface area contributed by atoms with Gasteiger partial charge in [0.05, 0.1) is 12.4 Å². The molecule has 0 spiro atoms. The van der Waals surface area contributed by atoms with Crippen LogP contribution in [0.25, 0.3) is 0 Å². The monoisotopic (exact) mass is 278 g/mol. The number of ether oxygens (including phenoxy) is 1. The van der Waals surface area contributed by atoms with E-state index in [1.54, 1.807) is 18.2 Å². The van der Waals surface area contributed by atoms with Crippen molar-refractivity contribution in [2.75, 3.05) is 0 Å². The first-order chi connectivity index (χ1) is 9.10. The summed E-state index contributed by atoms with van der Waals surface area (Å²) in [6, 6.07) is 5.26. The average molecular weight is 279 g/mol. The van der Waals surface area contributed by atoms with Crippen molar-refractivity contribution in [2.24, 2.45) is 10.9 Å². The van der Waals surface area contributed by atoms with Gasteiger partial charge in [0.15, 0.2) is 5.84 Å². The van der Waals surface area contributed by atoms with Crippen LogP contribution < -0.4 is 10.5 Å². The van der Waals surface area contributed by atoms with Gasteiger partial charge in [-0.1, -0.05) is 16.8 Å². The topological polar surface area (TPSA) is 93.6 Å². The van der Waals surface area contributed by atoms with E-state index in [0.29, 0.717) is 16.7 Å². The number of halogens is 1. The van der Waals surface area contributed by atoms with E-state index < -0.39 is 0 Å². The van der Waals surface area contributed by atoms with Crippen LogP contribution in [0.4, 0.5) is 0 Å². The lowest BCUT2D eigenvalue weighted by Gasteiger charge is -2.06. The molecule has 1 heterocycles. The van der Waals surface area contributed by atoms with Gasteiger partial charge in [0.2, 0.25) is 5.88 Å². The Balaban J connectivity index is 2.17. The van der Waals surface area contributed by atoms with E-state index in [4.69, 9.17) is 27.3 Å². The quantitative estimate of drug-likeness (QED) is 0.389. The van der Waals surface area contributed by atoms with Crippen molar-refractivity contribution in [3.63, 3.8) is 0 Å². The number of amidine groups is 1. The number of oxime groups is 1. The zero-order chi connectivity index (χ0) is 13.8. The second kappa shape index (κ2) is 5.53. The average Bonchev–Trinajstić information content (AvgIpc) is 2.43. The summed E-state index contributed by atoms with van der Waals surface area (Å²) in [5, 5.41) is 12.0. The molecule has 0 aliphatic heterocycles. The Morgan fingerprint density at radius 1 is 1.37 bits per heavy atom. The highest BCUT2D eigenvalue weighted by Gasteiger charge is 2.05. The summed E-state index contributed by atoms with van der Waals surface area (Å²) in [4.78, 5) is 7.96. The molecule has 6 nitrogen and oxygen atoms in total. The molecule has 2 aromatic rings. The molecular formula is C12H11ClN4O2. The second-order valence-electron chi connectivity index (χ2n) is 3.74. The molecule has 1 aromatic carbocycles. The maximum absolute atomic E-state index is 8.50. The standard InChI is InChI=1S/C12H11ClN4O2/c1-7-4-8(2-3-9(7)13)19-11-6-15-10(5-16-11)12(14)17-18/h2-6,18H,1H3,(H2,14,17). The summed E-state index contributed by atoms with van der Waals surface area (Å²) in [6.07, 6.45) is 2.74. The maximum atomic E-state index is 8.50. The predicted molar refractivity (Wildman–Crippen MR) is 70.8 cm³/mol. The molecular weight excluding hydrogens is 268 g/mol. The Labute approximate surface area is 114 Å². The third-order valence-corrected chi connectivity index (χ3v) is 2.77. The molecule has 0 fully saturated rings. The molecule has 0 saturated heterocycles. The number of aromatic nitrogens is 2. The highest BCUT2D eigenvalue weighted by molar-refractivity contribution is 6.31. The molecule has 0 unspecified atom stereocenters. The maximum Gasteiger partial charge on any atom is 0.237 e. The van der Waals surface area contributed by atoms with Crippen molar-refractivity contribution < 1.29 is 9.94 Å². The van der Waals surface area contributed by atoms with Crippen LogP contribution in [0.15, 0.2) is 35.7 Å². The first kappa shape index (κ1) is 13.1. The van der Waals surface area contributed by atoms with Crippen LogP contribution in [-0.4, -0.2) is 21.0 Å². The minimum Gasteiger partial charge on any atom is -0.437 e. The third-order valence-electron chi connectivity index (χ3n) is 2.35. The van der Waals surface area contributed by atoms with Gasteiger partial charge < -0.3 is 15.7 Å². The first-order valence-corrected chi connectivity index (χ1v) is 5.72. The van der Waals surface area contributed by atoms with E-state index in [9.17, 15) is 0 Å². The molecule has 0 radical (unpaired) electrons. The summed E-state index contributed by atoms with van der Waals surface area (Å²) >= 11 is 5.92. The van der Waals surface area contributed by atoms with Crippen molar-refractivity contribution in [1.82, 2.24) is 9.97 Å². The molecule has 19 heavy (non-hydrogen) atoms. The number of nitrogens with two attached hydrogens (primary N) is 1. The van der Waals surface area contributed by atoms with Crippen LogP contribution in [0.2, 0.25) is 5.02 Å². The molecule has 3 N–H and O–H groups in total. The number of rotatable bonds is 3. The fourth-order valence-electron chi connectivity index (χ4n) is 1.35. The van der Waals surface area contributed by atoms with Crippen LogP contribution in [-0.2, 0) is 0 Å². The van der Waals surface area contributed by atoms with Crippen LogP contribution in [0.1, 0.15) is 11.3 Å². The Hall–Kier alpha value is -2.34. The smallest absolute Gasteiger partial charge is 0.237 e. The highest BCUT2D eigenvalue weighted by Crippen LogP contribution is 2.24. The van der Waals surface area contributed by atoms with E-state index in [1.165, 1.54) is 12.4 Å². The normalized spacial score (nSPS) is 11.4. The minimum atomic E-state index is -0.110. The lowest BCUT2D eigenvalue weighted by atomic mass is 10.2. The van der Waals surface area contributed by atoms with Gasteiger partial charge in [0.1, 0.15) is 11.4 Å². The van der Waals surface area contributed by atoms with Gasteiger partial charge >= 0.3 is 0 Å². The molecule has 98 valence electrons. The summed E-state index contributed by atoms with van der Waals surface area (Å²) in [6.45, 7) is 1.88. The van der Waals surface area contributed by atoms with Gasteiger partial charge in [0, 0.05) is 5.02 Å². The highest BCUT2D eigenvalue weighted by atomic mass is 35.5. The third kappa shape index (κ3) is 3.11. The second-order valence-corrected chi connectivity index (χ2v) is 4.15. The molecule has 0 saturated carbocycles. The lowest BCUT2D eigenvalue weighted by Crippen LogP contribution is -2.15. The van der Waals surface area contributed by atoms with Gasteiger partial charge in [-0.05, 0) is 30.7 Å². The van der Waals surface area contributed by atoms with E-state index in [-0.39, 0.29) is 11.5 Å². The molecule has 2 rings (SSSR count). The SMILES string of the molecule is Cc1cc(Oc2cnc(C(N)=NO)cn2)ccc1Cl. The van der Waals surface area contributed by atoms with Crippen LogP contribution in [0, 0.1) is 6.92 Å². The zero-order valence-corrected chi connectivity index (χ0v) is 10.8. The van der Waals surface area contributed by atoms with Gasteiger partial charge in [0.25, 0.3) is 0 Å². The van der Waals surface area contributed by atoms with Crippen molar-refractivity contribution in [3.05, 3.63) is 46.9 Å². The summed E-state index contributed by atoms with van der Waals surface area (Å²) < 4.78 is 5.51. The molecule has 0 amide bonds. The Bertz CT molecular complexity index is 614. The fourth-order valence-corrected chi connectivity index (χ4v) is 1.47. The van der Waals surface area contributed by atoms with Crippen molar-refractivity contribution in [3.8, 4) is 11.6 Å². The Kier molecular flexibility index (Phi) is 3.82. The number of aryl methyl sites for hydroxylation is 1. The van der Waals surface area contributed by atoms with Gasteiger partial charge in [-0.3, -0.25) is 0 Å². The molecule has 0 atom stereocenters. The van der Waals surface area contributed by atoms with Crippen LogP contribution in [0.3, 0.4) is 0 Å². The summed E-state index contributed by atoms with van der Waals surface area (Å²) in [5.41, 5.74) is 6.54. The molecule has 7 heteroatoms. The fraction of sp³-hybridized carbons (Fsp3) is 0.0833. The van der Waals surface area contributed by atoms with E-state index in [2.05, 4.69) is 15.1 Å². The molecule has 0 aliphatic rings. The number of benzene rings is 1.